The summed E-state index contributed by atoms with van der Waals surface area (Å²) in [5, 5.41) is 0. The number of hydrogen-bond donors (Lipinski definition) is 2. The van der Waals surface area contributed by atoms with Crippen molar-refractivity contribution >= 4 is 10.0 Å². The van der Waals surface area contributed by atoms with E-state index >= 15 is 0 Å². The van der Waals surface area contributed by atoms with Gasteiger partial charge in [0.15, 0.2) is 0 Å². The highest BCUT2D eigenvalue weighted by Crippen LogP contribution is 2.09. The third-order valence-electron chi connectivity index (χ3n) is 2.52. The van der Waals surface area contributed by atoms with E-state index < -0.39 is 10.0 Å². The van der Waals surface area contributed by atoms with E-state index in [1.165, 1.54) is 0 Å². The van der Waals surface area contributed by atoms with Gasteiger partial charge in [-0.05, 0) is 25.5 Å². The van der Waals surface area contributed by atoms with E-state index in [-0.39, 0.29) is 10.9 Å². The molecule has 1 aromatic rings. The van der Waals surface area contributed by atoms with Crippen molar-refractivity contribution in [1.29, 1.82) is 0 Å². The van der Waals surface area contributed by atoms with Gasteiger partial charge in [0.2, 0.25) is 10.0 Å². The van der Waals surface area contributed by atoms with Crippen molar-refractivity contribution in [1.82, 2.24) is 4.72 Å². The van der Waals surface area contributed by atoms with Gasteiger partial charge in [0, 0.05) is 19.7 Å². The normalized spacial score (nSPS) is 13.5. The fourth-order valence-electron chi connectivity index (χ4n) is 1.48. The molecule has 0 spiro atoms. The van der Waals surface area contributed by atoms with Gasteiger partial charge in [0.1, 0.15) is 0 Å². The summed E-state index contributed by atoms with van der Waals surface area (Å²) in [6, 6.07) is 6.56. The molecule has 0 bridgehead atoms. The molecule has 6 heteroatoms. The molecule has 18 heavy (non-hydrogen) atoms. The first-order valence-electron chi connectivity index (χ1n) is 5.76. The van der Waals surface area contributed by atoms with Crippen molar-refractivity contribution in [3.05, 3.63) is 29.8 Å². The molecular formula is C12H20N2O3S. The summed E-state index contributed by atoms with van der Waals surface area (Å²) in [5.74, 6) is 0. The van der Waals surface area contributed by atoms with Gasteiger partial charge in [-0.25, -0.2) is 13.1 Å². The Morgan fingerprint density at radius 3 is 2.50 bits per heavy atom. The van der Waals surface area contributed by atoms with Crippen LogP contribution >= 0.6 is 0 Å². The number of nitrogens with two attached hydrogens (primary N) is 1. The standard InChI is InChI=1S/C12H20N2O3S/c1-10-3-5-12(6-4-10)18(15,16)14-8-7-11(13)9-17-2/h3-6,11,14H,7-9,13H2,1-2H3. The molecule has 3 N–H and O–H groups in total. The largest absolute Gasteiger partial charge is 0.383 e. The molecule has 0 radical (unpaired) electrons. The van der Waals surface area contributed by atoms with Crippen LogP contribution in [0.5, 0.6) is 0 Å². The molecule has 5 nitrogen and oxygen atoms in total. The first-order valence-corrected chi connectivity index (χ1v) is 7.25. The van der Waals surface area contributed by atoms with Gasteiger partial charge in [-0.1, -0.05) is 17.7 Å². The Bertz CT molecular complexity index is 457. The van der Waals surface area contributed by atoms with Gasteiger partial charge in [-0.2, -0.15) is 0 Å². The second kappa shape index (κ2) is 6.84. The Labute approximate surface area is 108 Å². The highest BCUT2D eigenvalue weighted by molar-refractivity contribution is 7.89. The molecule has 0 amide bonds. The van der Waals surface area contributed by atoms with Gasteiger partial charge in [-0.15, -0.1) is 0 Å². The van der Waals surface area contributed by atoms with Crippen molar-refractivity contribution in [3.63, 3.8) is 0 Å². The number of aryl methyl sites for hydroxylation is 1. The zero-order chi connectivity index (χ0) is 13.6. The van der Waals surface area contributed by atoms with E-state index in [9.17, 15) is 8.42 Å². The lowest BCUT2D eigenvalue weighted by atomic mass is 10.2. The number of sulfonamides is 1. The molecule has 0 heterocycles. The average molecular weight is 272 g/mol. The Morgan fingerprint density at radius 2 is 1.94 bits per heavy atom. The number of nitrogens with one attached hydrogen (secondary N) is 1. The maximum Gasteiger partial charge on any atom is 0.240 e. The Balaban J connectivity index is 2.52. The summed E-state index contributed by atoms with van der Waals surface area (Å²) in [6.07, 6.45) is 0.541. The molecule has 1 unspecified atom stereocenters. The minimum Gasteiger partial charge on any atom is -0.383 e. The quantitative estimate of drug-likeness (QED) is 0.763. The molecule has 0 fully saturated rings. The summed E-state index contributed by atoms with van der Waals surface area (Å²) in [5.41, 5.74) is 6.74. The monoisotopic (exact) mass is 272 g/mol. The highest BCUT2D eigenvalue weighted by atomic mass is 32.2. The van der Waals surface area contributed by atoms with Gasteiger partial charge < -0.3 is 10.5 Å². The van der Waals surface area contributed by atoms with Crippen molar-refractivity contribution in [2.24, 2.45) is 5.73 Å². The van der Waals surface area contributed by atoms with Crippen molar-refractivity contribution in [2.45, 2.75) is 24.3 Å². The summed E-state index contributed by atoms with van der Waals surface area (Å²) in [7, 11) is -1.87. The zero-order valence-corrected chi connectivity index (χ0v) is 11.5. The number of hydrogen-bond acceptors (Lipinski definition) is 4. The third-order valence-corrected chi connectivity index (χ3v) is 4.00. The molecule has 0 aromatic heterocycles. The fourth-order valence-corrected chi connectivity index (χ4v) is 2.52. The average Bonchev–Trinajstić information content (AvgIpc) is 2.29. The fraction of sp³-hybridized carbons (Fsp3) is 0.500. The number of rotatable bonds is 7. The van der Waals surface area contributed by atoms with Gasteiger partial charge in [0.05, 0.1) is 11.5 Å². The Kier molecular flexibility index (Phi) is 5.74. The van der Waals surface area contributed by atoms with E-state index in [2.05, 4.69) is 4.72 Å². The number of benzene rings is 1. The number of methoxy groups -OCH3 is 1. The minimum absolute atomic E-state index is 0.157. The van der Waals surface area contributed by atoms with Crippen molar-refractivity contribution < 1.29 is 13.2 Å². The van der Waals surface area contributed by atoms with Crippen molar-refractivity contribution in [2.75, 3.05) is 20.3 Å². The van der Waals surface area contributed by atoms with Crippen LogP contribution in [-0.2, 0) is 14.8 Å². The Hall–Kier alpha value is -0.950. The molecule has 1 atom stereocenters. The third kappa shape index (κ3) is 4.73. The minimum atomic E-state index is -3.43. The predicted molar refractivity (Wildman–Crippen MR) is 70.8 cm³/mol. The van der Waals surface area contributed by atoms with Crippen LogP contribution in [0.15, 0.2) is 29.2 Å². The van der Waals surface area contributed by atoms with Crippen LogP contribution in [0, 0.1) is 6.92 Å². The lowest BCUT2D eigenvalue weighted by Crippen LogP contribution is -2.32. The molecule has 1 rings (SSSR count). The lowest BCUT2D eigenvalue weighted by Gasteiger charge is -2.11. The first kappa shape index (κ1) is 15.1. The van der Waals surface area contributed by atoms with Crippen molar-refractivity contribution in [3.8, 4) is 0 Å². The van der Waals surface area contributed by atoms with E-state index in [1.807, 2.05) is 6.92 Å². The zero-order valence-electron chi connectivity index (χ0n) is 10.7. The summed E-state index contributed by atoms with van der Waals surface area (Å²) < 4.78 is 31.2. The van der Waals surface area contributed by atoms with Crippen LogP contribution in [0.4, 0.5) is 0 Å². The van der Waals surface area contributed by atoms with Gasteiger partial charge in [0.25, 0.3) is 0 Å². The maximum atomic E-state index is 11.9. The summed E-state index contributed by atoms with van der Waals surface area (Å²) in [6.45, 7) is 2.64. The van der Waals surface area contributed by atoms with Crippen LogP contribution in [0.2, 0.25) is 0 Å². The van der Waals surface area contributed by atoms with E-state index in [0.717, 1.165) is 5.56 Å². The lowest BCUT2D eigenvalue weighted by molar-refractivity contribution is 0.177. The number of ether oxygens (including phenoxy) is 1. The van der Waals surface area contributed by atoms with E-state index in [4.69, 9.17) is 10.5 Å². The van der Waals surface area contributed by atoms with Crippen LogP contribution < -0.4 is 10.5 Å². The Morgan fingerprint density at radius 1 is 1.33 bits per heavy atom. The maximum absolute atomic E-state index is 11.9. The molecule has 0 aliphatic carbocycles. The molecule has 1 aromatic carbocycles. The molecule has 102 valence electrons. The molecule has 0 aliphatic heterocycles. The smallest absolute Gasteiger partial charge is 0.240 e. The van der Waals surface area contributed by atoms with Crippen LogP contribution in [-0.4, -0.2) is 34.7 Å². The SMILES string of the molecule is COCC(N)CCNS(=O)(=O)c1ccc(C)cc1. The van der Waals surface area contributed by atoms with Gasteiger partial charge >= 0.3 is 0 Å². The van der Waals surface area contributed by atoms with E-state index in [0.29, 0.717) is 19.6 Å². The predicted octanol–water partition coefficient (Wildman–Crippen LogP) is 0.637. The van der Waals surface area contributed by atoms with Crippen LogP contribution in [0.1, 0.15) is 12.0 Å². The van der Waals surface area contributed by atoms with Crippen LogP contribution in [0.25, 0.3) is 0 Å². The topological polar surface area (TPSA) is 81.4 Å². The molecule has 0 saturated heterocycles. The summed E-state index contributed by atoms with van der Waals surface area (Å²) in [4.78, 5) is 0.272. The first-order chi connectivity index (χ1) is 8.45. The summed E-state index contributed by atoms with van der Waals surface area (Å²) >= 11 is 0. The molecular weight excluding hydrogens is 252 g/mol. The molecule has 0 aliphatic rings. The van der Waals surface area contributed by atoms with Gasteiger partial charge in [-0.3, -0.25) is 0 Å². The second-order valence-corrected chi connectivity index (χ2v) is 5.98. The van der Waals surface area contributed by atoms with E-state index in [1.54, 1.807) is 31.4 Å². The highest BCUT2D eigenvalue weighted by Gasteiger charge is 2.13. The second-order valence-electron chi connectivity index (χ2n) is 4.21. The van der Waals surface area contributed by atoms with Crippen LogP contribution in [0.3, 0.4) is 0 Å². The molecule has 0 saturated carbocycles.